The summed E-state index contributed by atoms with van der Waals surface area (Å²) in [6, 6.07) is 0. The first-order valence-corrected chi connectivity index (χ1v) is 6.38. The molecule has 0 atom stereocenters. The summed E-state index contributed by atoms with van der Waals surface area (Å²) in [5, 5.41) is 8.75. The fourth-order valence-corrected chi connectivity index (χ4v) is 1.05. The molecule has 1 heterocycles. The quantitative estimate of drug-likeness (QED) is 0.823. The molecule has 0 radical (unpaired) electrons. The lowest BCUT2D eigenvalue weighted by molar-refractivity contribution is 0.287. The van der Waals surface area contributed by atoms with E-state index in [9.17, 15) is 0 Å². The number of rotatable bonds is 3. The monoisotopic (exact) mass is 253 g/mol. The highest BCUT2D eigenvalue weighted by Crippen LogP contribution is 2.17. The predicted molar refractivity (Wildman–Crippen MR) is 78.6 cm³/mol. The van der Waals surface area contributed by atoms with Crippen molar-refractivity contribution in [2.75, 3.05) is 6.61 Å². The summed E-state index contributed by atoms with van der Waals surface area (Å²) in [5.41, 5.74) is 1.89. The summed E-state index contributed by atoms with van der Waals surface area (Å²) in [5.74, 6) is 1.43. The van der Waals surface area contributed by atoms with Crippen LogP contribution in [0.2, 0.25) is 0 Å². The van der Waals surface area contributed by atoms with Gasteiger partial charge in [0.25, 0.3) is 0 Å². The lowest BCUT2D eigenvalue weighted by atomic mass is 10.3. The fraction of sp³-hybridized carbons (Fsp3) is 0.533. The summed E-state index contributed by atoms with van der Waals surface area (Å²) in [6.45, 7) is 15.1. The van der Waals surface area contributed by atoms with Crippen LogP contribution in [-0.4, -0.2) is 16.7 Å². The van der Waals surface area contributed by atoms with Crippen LogP contribution in [-0.2, 0) is 6.42 Å². The molecule has 0 bridgehead atoms. The van der Waals surface area contributed by atoms with E-state index in [4.69, 9.17) is 9.52 Å². The summed E-state index contributed by atoms with van der Waals surface area (Å²) >= 11 is 0. The molecule has 1 rings (SSSR count). The molecule has 0 amide bonds. The van der Waals surface area contributed by atoms with Crippen LogP contribution in [0.1, 0.15) is 52.0 Å². The Kier molecular flexibility index (Phi) is 12.8. The highest BCUT2D eigenvalue weighted by atomic mass is 16.4. The van der Waals surface area contributed by atoms with Gasteiger partial charge >= 0.3 is 0 Å². The zero-order valence-electron chi connectivity index (χ0n) is 12.6. The Bertz CT molecular complexity index is 351. The Labute approximate surface area is 111 Å². The Morgan fingerprint density at radius 3 is 2.28 bits per heavy atom. The van der Waals surface area contributed by atoms with Gasteiger partial charge in [-0.2, -0.15) is 0 Å². The third-order valence-electron chi connectivity index (χ3n) is 2.00. The molecular formula is C15H27NO2. The van der Waals surface area contributed by atoms with Crippen molar-refractivity contribution in [1.29, 1.82) is 0 Å². The average molecular weight is 253 g/mol. The second-order valence-corrected chi connectivity index (χ2v) is 3.38. The predicted octanol–water partition coefficient (Wildman–Crippen LogP) is 4.16. The number of hydrogen-bond acceptors (Lipinski definition) is 3. The standard InChI is InChI=1S/C10H15NO2.C3H6.C2H6/c1-4-7(2)10-11-8(3)9(13-10)5-6-12;1-3-2;1-2/h4,12H,5-6H2,1-3H3;3H,1H2,2H3;1-2H3/b7-4+;;. The maximum Gasteiger partial charge on any atom is 0.221 e. The molecule has 0 spiro atoms. The first-order valence-electron chi connectivity index (χ1n) is 6.38. The molecule has 1 N–H and O–H groups in total. The fourth-order valence-electron chi connectivity index (χ4n) is 1.05. The second-order valence-electron chi connectivity index (χ2n) is 3.38. The smallest absolute Gasteiger partial charge is 0.221 e. The van der Waals surface area contributed by atoms with Gasteiger partial charge in [-0.3, -0.25) is 0 Å². The largest absolute Gasteiger partial charge is 0.441 e. The number of nitrogens with zero attached hydrogens (tertiary/aromatic N) is 1. The maximum absolute atomic E-state index is 8.75. The molecular weight excluding hydrogens is 226 g/mol. The van der Waals surface area contributed by atoms with E-state index >= 15 is 0 Å². The first kappa shape index (κ1) is 19.0. The highest BCUT2D eigenvalue weighted by molar-refractivity contribution is 5.55. The van der Waals surface area contributed by atoms with Gasteiger partial charge < -0.3 is 9.52 Å². The molecule has 1 aromatic heterocycles. The minimum atomic E-state index is 0.102. The van der Waals surface area contributed by atoms with Crippen LogP contribution < -0.4 is 0 Å². The van der Waals surface area contributed by atoms with E-state index in [-0.39, 0.29) is 6.61 Å². The molecule has 0 aliphatic heterocycles. The number of aromatic nitrogens is 1. The molecule has 3 heteroatoms. The molecule has 104 valence electrons. The van der Waals surface area contributed by atoms with Crippen LogP contribution in [0.25, 0.3) is 5.57 Å². The minimum Gasteiger partial charge on any atom is -0.441 e. The molecule has 0 aromatic carbocycles. The van der Waals surface area contributed by atoms with E-state index in [1.807, 2.05) is 47.6 Å². The van der Waals surface area contributed by atoms with Crippen molar-refractivity contribution in [3.8, 4) is 0 Å². The molecule has 3 nitrogen and oxygen atoms in total. The number of hydrogen-bond donors (Lipinski definition) is 1. The highest BCUT2D eigenvalue weighted by Gasteiger charge is 2.09. The number of aliphatic hydroxyl groups excluding tert-OH is 1. The van der Waals surface area contributed by atoms with Crippen molar-refractivity contribution >= 4 is 5.57 Å². The SMILES string of the molecule is C/C=C(\C)c1nc(C)c(CCO)o1.C=CC.CC. The van der Waals surface area contributed by atoms with Gasteiger partial charge in [0.1, 0.15) is 5.76 Å². The lowest BCUT2D eigenvalue weighted by Crippen LogP contribution is -1.89. The van der Waals surface area contributed by atoms with Gasteiger partial charge in [-0.25, -0.2) is 4.98 Å². The molecule has 0 saturated carbocycles. The number of aliphatic hydroxyl groups is 1. The van der Waals surface area contributed by atoms with Crippen LogP contribution in [0.3, 0.4) is 0 Å². The number of aryl methyl sites for hydroxylation is 1. The van der Waals surface area contributed by atoms with E-state index < -0.39 is 0 Å². The lowest BCUT2D eigenvalue weighted by Gasteiger charge is -1.92. The van der Waals surface area contributed by atoms with Crippen molar-refractivity contribution in [2.24, 2.45) is 0 Å². The van der Waals surface area contributed by atoms with Crippen molar-refractivity contribution in [3.63, 3.8) is 0 Å². The Balaban J connectivity index is 0. The third-order valence-corrected chi connectivity index (χ3v) is 2.00. The van der Waals surface area contributed by atoms with Crippen molar-refractivity contribution in [2.45, 2.75) is 48.0 Å². The number of allylic oxidation sites excluding steroid dienone is 3. The van der Waals surface area contributed by atoms with Crippen LogP contribution >= 0.6 is 0 Å². The number of oxazole rings is 1. The third kappa shape index (κ3) is 7.07. The van der Waals surface area contributed by atoms with Crippen molar-refractivity contribution in [1.82, 2.24) is 4.98 Å². The topological polar surface area (TPSA) is 46.3 Å². The minimum absolute atomic E-state index is 0.102. The van der Waals surface area contributed by atoms with E-state index in [1.165, 1.54) is 0 Å². The molecule has 1 aromatic rings. The zero-order chi connectivity index (χ0) is 14.6. The first-order chi connectivity index (χ1) is 8.60. The summed E-state index contributed by atoms with van der Waals surface area (Å²) in [6.07, 6.45) is 4.24. The van der Waals surface area contributed by atoms with E-state index in [2.05, 4.69) is 11.6 Å². The second kappa shape index (κ2) is 12.1. The van der Waals surface area contributed by atoms with Gasteiger partial charge in [0, 0.05) is 12.0 Å². The van der Waals surface area contributed by atoms with Gasteiger partial charge in [-0.1, -0.05) is 26.0 Å². The van der Waals surface area contributed by atoms with Crippen LogP contribution in [0.5, 0.6) is 0 Å². The molecule has 0 saturated heterocycles. The average Bonchev–Trinajstić information content (AvgIpc) is 2.74. The van der Waals surface area contributed by atoms with Gasteiger partial charge in [0.2, 0.25) is 5.89 Å². The van der Waals surface area contributed by atoms with Crippen LogP contribution in [0, 0.1) is 6.92 Å². The summed E-state index contributed by atoms with van der Waals surface area (Å²) in [4.78, 5) is 4.25. The van der Waals surface area contributed by atoms with E-state index in [0.29, 0.717) is 12.3 Å². The summed E-state index contributed by atoms with van der Waals surface area (Å²) in [7, 11) is 0. The normalized spacial score (nSPS) is 9.83. The molecule has 0 fully saturated rings. The van der Waals surface area contributed by atoms with Gasteiger partial charge in [-0.05, 0) is 27.7 Å². The van der Waals surface area contributed by atoms with Gasteiger partial charge in [0.05, 0.1) is 12.3 Å². The summed E-state index contributed by atoms with van der Waals surface area (Å²) < 4.78 is 5.47. The van der Waals surface area contributed by atoms with Gasteiger partial charge in [0.15, 0.2) is 0 Å². The van der Waals surface area contributed by atoms with Crippen LogP contribution in [0.4, 0.5) is 0 Å². The molecule has 18 heavy (non-hydrogen) atoms. The van der Waals surface area contributed by atoms with Gasteiger partial charge in [-0.15, -0.1) is 6.58 Å². The van der Waals surface area contributed by atoms with Crippen molar-refractivity contribution in [3.05, 3.63) is 36.1 Å². The molecule has 0 unspecified atom stereocenters. The van der Waals surface area contributed by atoms with Crippen molar-refractivity contribution < 1.29 is 9.52 Å². The Morgan fingerprint density at radius 1 is 1.39 bits per heavy atom. The van der Waals surface area contributed by atoms with E-state index in [1.54, 1.807) is 6.08 Å². The Morgan fingerprint density at radius 2 is 1.89 bits per heavy atom. The van der Waals surface area contributed by atoms with E-state index in [0.717, 1.165) is 17.0 Å². The Hall–Kier alpha value is -1.35. The maximum atomic E-state index is 8.75. The zero-order valence-corrected chi connectivity index (χ0v) is 12.6. The molecule has 0 aliphatic rings. The van der Waals surface area contributed by atoms with Crippen LogP contribution in [0.15, 0.2) is 23.1 Å². The molecule has 0 aliphatic carbocycles.